The fraction of sp³-hybridized carbons (Fsp3) is 0.231. The summed E-state index contributed by atoms with van der Waals surface area (Å²) in [7, 11) is 0. The van der Waals surface area contributed by atoms with Crippen LogP contribution in [0.2, 0.25) is 0 Å². The number of nitrogens with zero attached hydrogens (tertiary/aromatic N) is 2. The number of carbonyl (C=O) groups excluding carboxylic acids is 1. The van der Waals surface area contributed by atoms with Crippen LogP contribution in [0.3, 0.4) is 0 Å². The Bertz CT molecular complexity index is 639. The second-order valence-electron chi connectivity index (χ2n) is 4.39. The van der Waals surface area contributed by atoms with E-state index in [0.717, 1.165) is 11.6 Å². The second-order valence-corrected chi connectivity index (χ2v) is 4.39. The largest absolute Gasteiger partial charge is 0.396 e. The first kappa shape index (κ1) is 14.0. The number of halogens is 2. The number of carbonyl (C=O) groups is 1. The molecule has 5 nitrogen and oxygen atoms in total. The Morgan fingerprint density at radius 1 is 1.40 bits per heavy atom. The van der Waals surface area contributed by atoms with Crippen molar-refractivity contribution in [1.29, 1.82) is 0 Å². The molecule has 1 aromatic carbocycles. The molecule has 1 heterocycles. The van der Waals surface area contributed by atoms with Gasteiger partial charge in [0.05, 0.1) is 24.0 Å². The molecule has 0 radical (unpaired) electrons. The predicted octanol–water partition coefficient (Wildman–Crippen LogP) is 1.48. The zero-order valence-corrected chi connectivity index (χ0v) is 10.9. The van der Waals surface area contributed by atoms with Gasteiger partial charge in [0.1, 0.15) is 11.6 Å². The van der Waals surface area contributed by atoms with Gasteiger partial charge in [0.2, 0.25) is 0 Å². The van der Waals surface area contributed by atoms with Gasteiger partial charge in [-0.15, -0.1) is 0 Å². The summed E-state index contributed by atoms with van der Waals surface area (Å²) in [5.41, 5.74) is 5.78. The number of rotatable bonds is 4. The molecule has 0 fully saturated rings. The van der Waals surface area contributed by atoms with Crippen molar-refractivity contribution < 1.29 is 13.6 Å². The summed E-state index contributed by atoms with van der Waals surface area (Å²) in [6.45, 7) is 2.63. The first-order valence-electron chi connectivity index (χ1n) is 5.99. The third-order valence-corrected chi connectivity index (χ3v) is 2.72. The molecule has 0 saturated carbocycles. The Morgan fingerprint density at radius 3 is 2.80 bits per heavy atom. The van der Waals surface area contributed by atoms with Crippen LogP contribution in [0.4, 0.5) is 14.5 Å². The van der Waals surface area contributed by atoms with Gasteiger partial charge in [-0.1, -0.05) is 0 Å². The van der Waals surface area contributed by atoms with Crippen LogP contribution in [0, 0.1) is 18.6 Å². The third-order valence-electron chi connectivity index (χ3n) is 2.72. The minimum absolute atomic E-state index is 0.265. The summed E-state index contributed by atoms with van der Waals surface area (Å²) in [6, 6.07) is 1.58. The molecule has 0 aliphatic carbocycles. The van der Waals surface area contributed by atoms with E-state index in [4.69, 9.17) is 5.73 Å². The lowest BCUT2D eigenvalue weighted by molar-refractivity contribution is 0.0948. The van der Waals surface area contributed by atoms with E-state index in [1.165, 1.54) is 0 Å². The number of benzene rings is 1. The molecule has 20 heavy (non-hydrogen) atoms. The van der Waals surface area contributed by atoms with E-state index >= 15 is 0 Å². The molecule has 0 aliphatic heterocycles. The van der Waals surface area contributed by atoms with Crippen molar-refractivity contribution >= 4 is 11.6 Å². The van der Waals surface area contributed by atoms with Crippen molar-refractivity contribution in [3.8, 4) is 0 Å². The van der Waals surface area contributed by atoms with E-state index in [1.54, 1.807) is 10.9 Å². The van der Waals surface area contributed by atoms with Crippen LogP contribution < -0.4 is 11.1 Å². The monoisotopic (exact) mass is 280 g/mol. The van der Waals surface area contributed by atoms with Crippen LogP contribution in [-0.2, 0) is 6.54 Å². The standard InChI is InChI=1S/C13H14F2N4O/c1-8-6-18-19(7-8)3-2-17-13(20)9-4-12(16)11(15)5-10(9)14/h4-7H,2-3,16H2,1H3,(H,17,20). The zero-order valence-electron chi connectivity index (χ0n) is 10.9. The lowest BCUT2D eigenvalue weighted by Crippen LogP contribution is -2.28. The van der Waals surface area contributed by atoms with Crippen molar-refractivity contribution in [2.75, 3.05) is 12.3 Å². The van der Waals surface area contributed by atoms with E-state index in [9.17, 15) is 13.6 Å². The number of aromatic nitrogens is 2. The Hall–Kier alpha value is -2.44. The maximum absolute atomic E-state index is 13.5. The van der Waals surface area contributed by atoms with Crippen molar-refractivity contribution in [2.45, 2.75) is 13.5 Å². The first-order chi connectivity index (χ1) is 9.47. The smallest absolute Gasteiger partial charge is 0.254 e. The lowest BCUT2D eigenvalue weighted by atomic mass is 10.1. The molecule has 1 aromatic heterocycles. The summed E-state index contributed by atoms with van der Waals surface area (Å²) in [4.78, 5) is 11.8. The van der Waals surface area contributed by atoms with Crippen LogP contribution in [0.1, 0.15) is 15.9 Å². The highest BCUT2D eigenvalue weighted by atomic mass is 19.1. The summed E-state index contributed by atoms with van der Waals surface area (Å²) in [5.74, 6) is -2.46. The number of amides is 1. The molecule has 1 amide bonds. The minimum atomic E-state index is -0.941. The fourth-order valence-corrected chi connectivity index (χ4v) is 1.71. The predicted molar refractivity (Wildman–Crippen MR) is 70.1 cm³/mol. The van der Waals surface area contributed by atoms with E-state index in [-0.39, 0.29) is 17.8 Å². The molecular formula is C13H14F2N4O. The lowest BCUT2D eigenvalue weighted by Gasteiger charge is -2.07. The molecule has 106 valence electrons. The summed E-state index contributed by atoms with van der Waals surface area (Å²) in [5, 5.41) is 6.58. The Morgan fingerprint density at radius 2 is 2.15 bits per heavy atom. The van der Waals surface area contributed by atoms with Crippen molar-refractivity contribution in [2.24, 2.45) is 0 Å². The van der Waals surface area contributed by atoms with Crippen LogP contribution in [0.15, 0.2) is 24.5 Å². The van der Waals surface area contributed by atoms with Crippen LogP contribution in [0.5, 0.6) is 0 Å². The number of nitrogens with two attached hydrogens (primary N) is 1. The van der Waals surface area contributed by atoms with E-state index < -0.39 is 17.5 Å². The molecule has 0 spiro atoms. The zero-order chi connectivity index (χ0) is 14.7. The first-order valence-corrected chi connectivity index (χ1v) is 5.99. The number of hydrogen-bond donors (Lipinski definition) is 2. The molecule has 0 bridgehead atoms. The molecule has 2 rings (SSSR count). The van der Waals surface area contributed by atoms with Gasteiger partial charge >= 0.3 is 0 Å². The molecule has 3 N–H and O–H groups in total. The SMILES string of the molecule is Cc1cnn(CCNC(=O)c2cc(N)c(F)cc2F)c1. The van der Waals surface area contributed by atoms with Crippen LogP contribution in [0.25, 0.3) is 0 Å². The van der Waals surface area contributed by atoms with Gasteiger partial charge in [0, 0.05) is 18.8 Å². The second kappa shape index (κ2) is 5.68. The average molecular weight is 280 g/mol. The van der Waals surface area contributed by atoms with E-state index in [0.29, 0.717) is 12.6 Å². The van der Waals surface area contributed by atoms with Gasteiger partial charge in [0.15, 0.2) is 0 Å². The molecule has 0 aliphatic rings. The maximum Gasteiger partial charge on any atom is 0.254 e. The summed E-state index contributed by atoms with van der Waals surface area (Å²) in [6.07, 6.45) is 3.52. The molecule has 0 unspecified atom stereocenters. The Labute approximate surface area is 114 Å². The number of hydrogen-bond acceptors (Lipinski definition) is 3. The number of anilines is 1. The summed E-state index contributed by atoms with van der Waals surface area (Å²) < 4.78 is 28.1. The molecule has 0 atom stereocenters. The van der Waals surface area contributed by atoms with Gasteiger partial charge in [0.25, 0.3) is 5.91 Å². The van der Waals surface area contributed by atoms with Crippen LogP contribution >= 0.6 is 0 Å². The number of nitrogen functional groups attached to an aromatic ring is 1. The summed E-state index contributed by atoms with van der Waals surface area (Å²) >= 11 is 0. The van der Waals surface area contributed by atoms with Gasteiger partial charge in [-0.2, -0.15) is 5.10 Å². The van der Waals surface area contributed by atoms with Gasteiger partial charge < -0.3 is 11.1 Å². The third kappa shape index (κ3) is 3.11. The average Bonchev–Trinajstić information content (AvgIpc) is 2.79. The number of nitrogens with one attached hydrogen (secondary N) is 1. The molecule has 7 heteroatoms. The van der Waals surface area contributed by atoms with E-state index in [1.807, 2.05) is 13.1 Å². The number of aryl methyl sites for hydroxylation is 1. The highest BCUT2D eigenvalue weighted by Gasteiger charge is 2.14. The Kier molecular flexibility index (Phi) is 3.97. The highest BCUT2D eigenvalue weighted by Crippen LogP contribution is 2.16. The maximum atomic E-state index is 13.5. The molecule has 0 saturated heterocycles. The topological polar surface area (TPSA) is 72.9 Å². The van der Waals surface area contributed by atoms with E-state index in [2.05, 4.69) is 10.4 Å². The Balaban J connectivity index is 1.97. The molecular weight excluding hydrogens is 266 g/mol. The van der Waals surface area contributed by atoms with Crippen molar-refractivity contribution in [3.63, 3.8) is 0 Å². The van der Waals surface area contributed by atoms with Gasteiger partial charge in [-0.3, -0.25) is 9.48 Å². The highest BCUT2D eigenvalue weighted by molar-refractivity contribution is 5.95. The minimum Gasteiger partial charge on any atom is -0.396 e. The normalized spacial score (nSPS) is 10.6. The molecule has 2 aromatic rings. The van der Waals surface area contributed by atoms with Gasteiger partial charge in [-0.25, -0.2) is 8.78 Å². The van der Waals surface area contributed by atoms with Crippen molar-refractivity contribution in [3.05, 3.63) is 47.3 Å². The quantitative estimate of drug-likeness (QED) is 0.833. The van der Waals surface area contributed by atoms with Crippen LogP contribution in [-0.4, -0.2) is 22.2 Å². The van der Waals surface area contributed by atoms with Gasteiger partial charge in [-0.05, 0) is 18.6 Å². The fourth-order valence-electron chi connectivity index (χ4n) is 1.71. The van der Waals surface area contributed by atoms with Crippen molar-refractivity contribution in [1.82, 2.24) is 15.1 Å².